The molecule has 0 unspecified atom stereocenters. The number of hydrogen-bond donors (Lipinski definition) is 0. The Bertz CT molecular complexity index is 564. The molecule has 27 heavy (non-hydrogen) atoms. The van der Waals surface area contributed by atoms with Gasteiger partial charge in [0.25, 0.3) is 0 Å². The van der Waals surface area contributed by atoms with Gasteiger partial charge in [-0.2, -0.15) is 12.2 Å². The van der Waals surface area contributed by atoms with Gasteiger partial charge in [0.1, 0.15) is 0 Å². The van der Waals surface area contributed by atoms with Gasteiger partial charge in [0.05, 0.1) is 0 Å². The van der Waals surface area contributed by atoms with Crippen LogP contribution in [0, 0.1) is 12.2 Å². The standard InChI is InChI=1S/2C12H19Si.Hf/c2*1-11(10-13(2,3)4)9-12-7-5-6-8-12;/h2*5,7H,1,6,9-10H2,2-4H3;/q2*-1;. The van der Waals surface area contributed by atoms with E-state index in [0.717, 1.165) is 25.7 Å². The molecular formula is C24H38HfSi2-2. The predicted molar refractivity (Wildman–Crippen MR) is 125 cm³/mol. The second-order valence-electron chi connectivity index (χ2n) is 9.95. The van der Waals surface area contributed by atoms with E-state index in [-0.39, 0.29) is 25.8 Å². The van der Waals surface area contributed by atoms with Crippen LogP contribution >= 0.6 is 0 Å². The molecule has 0 heterocycles. The minimum Gasteiger partial charge on any atom is -0.269 e. The first-order chi connectivity index (χ1) is 11.9. The van der Waals surface area contributed by atoms with Crippen LogP contribution < -0.4 is 0 Å². The Kier molecular flexibility index (Phi) is 12.2. The van der Waals surface area contributed by atoms with Gasteiger partial charge in [-0.25, -0.2) is 23.3 Å². The van der Waals surface area contributed by atoms with Crippen LogP contribution in [0.3, 0.4) is 0 Å². The van der Waals surface area contributed by atoms with Crippen LogP contribution in [0.4, 0.5) is 0 Å². The van der Waals surface area contributed by atoms with E-state index in [0.29, 0.717) is 0 Å². The SMILES string of the molecule is C=C(CC1=[C-]CC=C1)C[Si](C)(C)C.C=C(CC1=[C-]CC=C1)C[Si](C)(C)C.[Hf]. The molecule has 2 rings (SSSR count). The zero-order valence-electron chi connectivity index (χ0n) is 18.5. The van der Waals surface area contributed by atoms with Crippen molar-refractivity contribution in [3.8, 4) is 0 Å². The van der Waals surface area contributed by atoms with Crippen molar-refractivity contribution in [3.05, 3.63) is 71.9 Å². The summed E-state index contributed by atoms with van der Waals surface area (Å²) >= 11 is 0. The third-order valence-electron chi connectivity index (χ3n) is 3.97. The molecular weight excluding hydrogens is 523 g/mol. The molecule has 148 valence electrons. The van der Waals surface area contributed by atoms with Crippen molar-refractivity contribution >= 4 is 16.1 Å². The van der Waals surface area contributed by atoms with Gasteiger partial charge >= 0.3 is 0 Å². The molecule has 0 amide bonds. The summed E-state index contributed by atoms with van der Waals surface area (Å²) in [5.41, 5.74) is 5.44. The molecule has 0 aromatic rings. The van der Waals surface area contributed by atoms with Crippen molar-refractivity contribution in [1.82, 2.24) is 0 Å². The monoisotopic (exact) mass is 562 g/mol. The van der Waals surface area contributed by atoms with E-state index in [9.17, 15) is 0 Å². The van der Waals surface area contributed by atoms with Crippen LogP contribution in [0.25, 0.3) is 0 Å². The zero-order chi connectivity index (χ0) is 19.8. The molecule has 0 aliphatic heterocycles. The molecule has 0 aromatic heterocycles. The average Bonchev–Trinajstić information content (AvgIpc) is 3.08. The Hall–Kier alpha value is -0.256. The summed E-state index contributed by atoms with van der Waals surface area (Å²) in [6.07, 6.45) is 19.4. The van der Waals surface area contributed by atoms with Crippen LogP contribution in [0.15, 0.2) is 59.8 Å². The van der Waals surface area contributed by atoms with Gasteiger partial charge in [-0.3, -0.25) is 12.2 Å². The molecule has 0 fully saturated rings. The van der Waals surface area contributed by atoms with Crippen molar-refractivity contribution in [3.63, 3.8) is 0 Å². The third kappa shape index (κ3) is 14.4. The maximum Gasteiger partial charge on any atom is 0.0483 e. The van der Waals surface area contributed by atoms with Crippen molar-refractivity contribution in [2.24, 2.45) is 0 Å². The predicted octanol–water partition coefficient (Wildman–Crippen LogP) is 7.92. The van der Waals surface area contributed by atoms with Crippen molar-refractivity contribution in [1.29, 1.82) is 0 Å². The maximum atomic E-state index is 4.14. The van der Waals surface area contributed by atoms with Gasteiger partial charge in [0, 0.05) is 42.0 Å². The van der Waals surface area contributed by atoms with Gasteiger partial charge in [-0.15, -0.1) is 12.8 Å². The zero-order valence-corrected chi connectivity index (χ0v) is 24.1. The first-order valence-corrected chi connectivity index (χ1v) is 17.2. The summed E-state index contributed by atoms with van der Waals surface area (Å²) in [4.78, 5) is 0. The van der Waals surface area contributed by atoms with Crippen LogP contribution in [0.5, 0.6) is 0 Å². The van der Waals surface area contributed by atoms with E-state index in [1.807, 2.05) is 0 Å². The molecule has 0 saturated carbocycles. The molecule has 0 radical (unpaired) electrons. The maximum absolute atomic E-state index is 4.14. The van der Waals surface area contributed by atoms with Crippen LogP contribution in [0.1, 0.15) is 25.7 Å². The molecule has 2 aliphatic rings. The fourth-order valence-electron chi connectivity index (χ4n) is 3.31. The second kappa shape index (κ2) is 12.3. The summed E-state index contributed by atoms with van der Waals surface area (Å²) in [5, 5.41) is 0. The Morgan fingerprint density at radius 2 is 1.11 bits per heavy atom. The smallest absolute Gasteiger partial charge is 0.0483 e. The Morgan fingerprint density at radius 1 is 0.778 bits per heavy atom. The molecule has 3 heteroatoms. The van der Waals surface area contributed by atoms with Crippen molar-refractivity contribution in [2.75, 3.05) is 0 Å². The number of allylic oxidation sites excluding steroid dienone is 10. The largest absolute Gasteiger partial charge is 0.269 e. The molecule has 0 saturated heterocycles. The van der Waals surface area contributed by atoms with Gasteiger partial charge in [-0.05, 0) is 24.9 Å². The normalized spacial score (nSPS) is 15.5. The van der Waals surface area contributed by atoms with E-state index >= 15 is 0 Å². The Labute approximate surface area is 190 Å². The number of hydrogen-bond acceptors (Lipinski definition) is 0. The Balaban J connectivity index is 0.000000483. The second-order valence-corrected chi connectivity index (χ2v) is 20.9. The van der Waals surface area contributed by atoms with Crippen molar-refractivity contribution in [2.45, 2.75) is 77.1 Å². The summed E-state index contributed by atoms with van der Waals surface area (Å²) in [6.45, 7) is 22.6. The van der Waals surface area contributed by atoms with Crippen LogP contribution in [-0.2, 0) is 25.8 Å². The molecule has 0 aromatic carbocycles. The average molecular weight is 561 g/mol. The minimum absolute atomic E-state index is 0. The molecule has 2 aliphatic carbocycles. The van der Waals surface area contributed by atoms with E-state index in [1.165, 1.54) is 34.4 Å². The van der Waals surface area contributed by atoms with E-state index in [2.05, 4.69) is 88.9 Å². The first kappa shape index (κ1) is 26.7. The third-order valence-corrected chi connectivity index (χ3v) is 7.09. The summed E-state index contributed by atoms with van der Waals surface area (Å²) in [7, 11) is -1.91. The molecule has 0 atom stereocenters. The molecule has 0 spiro atoms. The van der Waals surface area contributed by atoms with Crippen LogP contribution in [-0.4, -0.2) is 16.1 Å². The van der Waals surface area contributed by atoms with Gasteiger partial charge in [0.2, 0.25) is 0 Å². The van der Waals surface area contributed by atoms with Crippen LogP contribution in [0.2, 0.25) is 51.4 Å². The van der Waals surface area contributed by atoms with E-state index in [4.69, 9.17) is 0 Å². The molecule has 0 nitrogen and oxygen atoms in total. The van der Waals surface area contributed by atoms with Gasteiger partial charge in [-0.1, -0.05) is 63.6 Å². The quantitative estimate of drug-likeness (QED) is 0.161. The van der Waals surface area contributed by atoms with Gasteiger partial charge < -0.3 is 0 Å². The molecule has 0 N–H and O–H groups in total. The fraction of sp³-hybridized carbons (Fsp3) is 0.500. The summed E-state index contributed by atoms with van der Waals surface area (Å²) in [5.74, 6) is 0. The topological polar surface area (TPSA) is 0 Å². The number of rotatable bonds is 8. The fourth-order valence-corrected chi connectivity index (χ4v) is 6.56. The summed E-state index contributed by atoms with van der Waals surface area (Å²) in [6, 6.07) is 2.48. The molecule has 0 bridgehead atoms. The van der Waals surface area contributed by atoms with Gasteiger partial charge in [0.15, 0.2) is 0 Å². The minimum atomic E-state index is -0.957. The van der Waals surface area contributed by atoms with E-state index < -0.39 is 16.1 Å². The van der Waals surface area contributed by atoms with Crippen molar-refractivity contribution < 1.29 is 25.8 Å². The van der Waals surface area contributed by atoms with E-state index in [1.54, 1.807) is 0 Å². The Morgan fingerprint density at radius 3 is 1.33 bits per heavy atom. The first-order valence-electron chi connectivity index (χ1n) is 9.80. The summed E-state index contributed by atoms with van der Waals surface area (Å²) < 4.78 is 0.